The molecule has 0 fully saturated rings. The van der Waals surface area contributed by atoms with Crippen LogP contribution in [0, 0.1) is 20.8 Å². The van der Waals surface area contributed by atoms with Gasteiger partial charge in [0.1, 0.15) is 15.5 Å². The second-order valence-electron chi connectivity index (χ2n) is 8.75. The number of benzene rings is 1. The van der Waals surface area contributed by atoms with E-state index in [9.17, 15) is 9.59 Å². The number of carbonyl (C=O) groups is 2. The number of anilines is 2. The standard InChI is InChI=1S/C28H25N5O3S/c1-15-8-9-20(16(2)12-15)33-26(34)21-17(3)32-28-23(22(21)18-6-4-10-30-13-18)24(29)25(37-28)27(35)31-14-19-7-5-11-36-19/h4-13H,14,29H2,1-3H3,(H,31,35)(H,33,34). The highest BCUT2D eigenvalue weighted by Crippen LogP contribution is 2.42. The summed E-state index contributed by atoms with van der Waals surface area (Å²) in [6.07, 6.45) is 4.89. The molecule has 37 heavy (non-hydrogen) atoms. The quantitative estimate of drug-likeness (QED) is 0.271. The first kappa shape index (κ1) is 24.2. The lowest BCUT2D eigenvalue weighted by molar-refractivity contribution is 0.0952. The molecule has 4 aromatic heterocycles. The molecule has 0 saturated carbocycles. The summed E-state index contributed by atoms with van der Waals surface area (Å²) in [6.45, 7) is 5.96. The summed E-state index contributed by atoms with van der Waals surface area (Å²) in [5.74, 6) is -0.0245. The molecule has 0 saturated heterocycles. The van der Waals surface area contributed by atoms with Crippen LogP contribution in [-0.4, -0.2) is 21.8 Å². The first-order chi connectivity index (χ1) is 17.8. The smallest absolute Gasteiger partial charge is 0.263 e. The average molecular weight is 512 g/mol. The van der Waals surface area contributed by atoms with Crippen molar-refractivity contribution in [3.63, 3.8) is 0 Å². The zero-order valence-electron chi connectivity index (χ0n) is 20.6. The number of rotatable bonds is 6. The molecule has 2 amide bonds. The predicted octanol–water partition coefficient (Wildman–Crippen LogP) is 5.64. The summed E-state index contributed by atoms with van der Waals surface area (Å²) in [5, 5.41) is 6.42. The monoisotopic (exact) mass is 511 g/mol. The van der Waals surface area contributed by atoms with Crippen LogP contribution in [0.2, 0.25) is 0 Å². The van der Waals surface area contributed by atoms with E-state index in [1.165, 1.54) is 11.3 Å². The van der Waals surface area contributed by atoms with Crippen LogP contribution in [-0.2, 0) is 6.54 Å². The van der Waals surface area contributed by atoms with Crippen molar-refractivity contribution in [3.8, 4) is 11.1 Å². The van der Waals surface area contributed by atoms with Crippen LogP contribution in [0.3, 0.4) is 0 Å². The van der Waals surface area contributed by atoms with Gasteiger partial charge in [-0.15, -0.1) is 11.3 Å². The SMILES string of the molecule is Cc1ccc(NC(=O)c2c(C)nc3sc(C(=O)NCc4ccco4)c(N)c3c2-c2cccnc2)c(C)c1. The number of nitrogens with two attached hydrogens (primary N) is 1. The number of nitrogen functional groups attached to an aromatic ring is 1. The Labute approximate surface area is 217 Å². The molecule has 4 N–H and O–H groups in total. The van der Waals surface area contributed by atoms with Crippen LogP contribution in [0.4, 0.5) is 11.4 Å². The highest BCUT2D eigenvalue weighted by molar-refractivity contribution is 7.21. The Balaban J connectivity index is 1.63. The number of thiophene rings is 1. The van der Waals surface area contributed by atoms with E-state index in [-0.39, 0.29) is 24.0 Å². The Morgan fingerprint density at radius 3 is 2.62 bits per heavy atom. The highest BCUT2D eigenvalue weighted by atomic mass is 32.1. The molecule has 0 aliphatic carbocycles. The largest absolute Gasteiger partial charge is 0.467 e. The van der Waals surface area contributed by atoms with Crippen LogP contribution >= 0.6 is 11.3 Å². The van der Waals surface area contributed by atoms with Crippen LogP contribution in [0.25, 0.3) is 21.3 Å². The van der Waals surface area contributed by atoms with E-state index in [1.807, 2.05) is 38.1 Å². The molecule has 5 rings (SSSR count). The third-order valence-electron chi connectivity index (χ3n) is 6.07. The topological polar surface area (TPSA) is 123 Å². The summed E-state index contributed by atoms with van der Waals surface area (Å²) in [4.78, 5) is 36.6. The van der Waals surface area contributed by atoms with E-state index in [4.69, 9.17) is 15.1 Å². The van der Waals surface area contributed by atoms with Gasteiger partial charge in [-0.1, -0.05) is 23.8 Å². The number of pyridine rings is 2. The lowest BCUT2D eigenvalue weighted by Gasteiger charge is -2.16. The van der Waals surface area contributed by atoms with Crippen LogP contribution in [0.1, 0.15) is 42.6 Å². The van der Waals surface area contributed by atoms with Crippen molar-refractivity contribution in [2.45, 2.75) is 27.3 Å². The number of nitrogens with zero attached hydrogens (tertiary/aromatic N) is 2. The van der Waals surface area contributed by atoms with Crippen molar-refractivity contribution in [2.75, 3.05) is 11.1 Å². The summed E-state index contributed by atoms with van der Waals surface area (Å²) in [7, 11) is 0. The van der Waals surface area contributed by atoms with Crippen molar-refractivity contribution in [1.29, 1.82) is 0 Å². The van der Waals surface area contributed by atoms with E-state index in [0.717, 1.165) is 11.1 Å². The Morgan fingerprint density at radius 2 is 1.92 bits per heavy atom. The number of carbonyl (C=O) groups excluding carboxylic acids is 2. The maximum Gasteiger partial charge on any atom is 0.263 e. The second kappa shape index (κ2) is 9.87. The van der Waals surface area contributed by atoms with E-state index in [2.05, 4.69) is 15.6 Å². The lowest BCUT2D eigenvalue weighted by Crippen LogP contribution is -2.22. The van der Waals surface area contributed by atoms with Gasteiger partial charge in [0, 0.05) is 34.6 Å². The summed E-state index contributed by atoms with van der Waals surface area (Å²) in [5.41, 5.74) is 11.8. The van der Waals surface area contributed by atoms with E-state index >= 15 is 0 Å². The molecule has 0 radical (unpaired) electrons. The van der Waals surface area contributed by atoms with Crippen molar-refractivity contribution in [2.24, 2.45) is 0 Å². The van der Waals surface area contributed by atoms with E-state index < -0.39 is 0 Å². The van der Waals surface area contributed by atoms with Crippen molar-refractivity contribution < 1.29 is 14.0 Å². The lowest BCUT2D eigenvalue weighted by atomic mass is 9.95. The van der Waals surface area contributed by atoms with Gasteiger partial charge in [-0.05, 0) is 50.6 Å². The number of amides is 2. The number of fused-ring (bicyclic) bond motifs is 1. The molecule has 0 unspecified atom stereocenters. The fourth-order valence-corrected chi connectivity index (χ4v) is 5.38. The number of aryl methyl sites for hydroxylation is 3. The number of furan rings is 1. The molecule has 0 aliphatic heterocycles. The molecule has 4 heterocycles. The first-order valence-electron chi connectivity index (χ1n) is 11.7. The summed E-state index contributed by atoms with van der Waals surface area (Å²) >= 11 is 1.19. The summed E-state index contributed by atoms with van der Waals surface area (Å²) < 4.78 is 5.30. The molecule has 186 valence electrons. The normalized spacial score (nSPS) is 11.0. The third-order valence-corrected chi connectivity index (χ3v) is 7.17. The van der Waals surface area contributed by atoms with Crippen LogP contribution in [0.5, 0.6) is 0 Å². The maximum atomic E-state index is 13.7. The molecule has 1 aromatic carbocycles. The van der Waals surface area contributed by atoms with Gasteiger partial charge >= 0.3 is 0 Å². The minimum Gasteiger partial charge on any atom is -0.467 e. The van der Waals surface area contributed by atoms with Crippen molar-refractivity contribution in [1.82, 2.24) is 15.3 Å². The Kier molecular flexibility index (Phi) is 6.45. The van der Waals surface area contributed by atoms with Gasteiger partial charge in [-0.3, -0.25) is 14.6 Å². The molecule has 0 aliphatic rings. The van der Waals surface area contributed by atoms with Gasteiger partial charge in [0.2, 0.25) is 0 Å². The van der Waals surface area contributed by atoms with Crippen LogP contribution < -0.4 is 16.4 Å². The molecule has 0 bridgehead atoms. The number of hydrogen-bond acceptors (Lipinski definition) is 7. The third kappa shape index (κ3) is 4.68. The minimum atomic E-state index is -0.340. The molecule has 0 atom stereocenters. The predicted molar refractivity (Wildman–Crippen MR) is 146 cm³/mol. The number of aromatic nitrogens is 2. The average Bonchev–Trinajstić information content (AvgIpc) is 3.52. The van der Waals surface area contributed by atoms with E-state index in [1.54, 1.807) is 43.8 Å². The Hall–Kier alpha value is -4.50. The van der Waals surface area contributed by atoms with E-state index in [0.29, 0.717) is 48.9 Å². The zero-order valence-corrected chi connectivity index (χ0v) is 21.4. The zero-order chi connectivity index (χ0) is 26.1. The highest BCUT2D eigenvalue weighted by Gasteiger charge is 2.27. The first-order valence-corrected chi connectivity index (χ1v) is 12.5. The molecule has 0 spiro atoms. The van der Waals surface area contributed by atoms with Gasteiger partial charge in [-0.25, -0.2) is 4.98 Å². The second-order valence-corrected chi connectivity index (χ2v) is 9.75. The van der Waals surface area contributed by atoms with Gasteiger partial charge in [-0.2, -0.15) is 0 Å². The molecule has 5 aromatic rings. The van der Waals surface area contributed by atoms with Crippen molar-refractivity contribution in [3.05, 3.63) is 94.1 Å². The number of hydrogen-bond donors (Lipinski definition) is 3. The van der Waals surface area contributed by atoms with Gasteiger partial charge in [0.15, 0.2) is 0 Å². The fourth-order valence-electron chi connectivity index (χ4n) is 4.31. The fraction of sp³-hybridized carbons (Fsp3) is 0.143. The molecular formula is C28H25N5O3S. The van der Waals surface area contributed by atoms with Crippen LogP contribution in [0.15, 0.2) is 65.5 Å². The number of nitrogens with one attached hydrogen (secondary N) is 2. The molecule has 8 nitrogen and oxygen atoms in total. The Bertz CT molecular complexity index is 1630. The van der Waals surface area contributed by atoms with Gasteiger partial charge < -0.3 is 20.8 Å². The maximum absolute atomic E-state index is 13.7. The molecule has 9 heteroatoms. The minimum absolute atomic E-state index is 0.227. The van der Waals surface area contributed by atoms with Gasteiger partial charge in [0.05, 0.1) is 29.8 Å². The summed E-state index contributed by atoms with van der Waals surface area (Å²) in [6, 6.07) is 13.0. The Morgan fingerprint density at radius 1 is 1.08 bits per heavy atom. The van der Waals surface area contributed by atoms with Gasteiger partial charge in [0.25, 0.3) is 11.8 Å². The van der Waals surface area contributed by atoms with Crippen molar-refractivity contribution >= 4 is 44.7 Å². The molecular weight excluding hydrogens is 486 g/mol.